The first-order chi connectivity index (χ1) is 15.5. The standard InChI is InChI=1S/C25H21N3O4/c1-17-2-6-19(7-3-17)20-10-12-22(13-11-20)25-26-24(27-32-25)21-8-4-18(5-9-21)14-28(16-29)15-23(30)31/h2-13,16H,14-15H2,1H3,(H,30,31). The van der Waals surface area contributed by atoms with Crippen LogP contribution in [0.3, 0.4) is 0 Å². The molecule has 0 aliphatic heterocycles. The van der Waals surface area contributed by atoms with Crippen LogP contribution in [0.1, 0.15) is 11.1 Å². The Hall–Kier alpha value is -4.26. The predicted octanol–water partition coefficient (Wildman–Crippen LogP) is 4.42. The maximum absolute atomic E-state index is 11.0. The molecule has 0 saturated carbocycles. The van der Waals surface area contributed by atoms with Crippen LogP contribution in [0.5, 0.6) is 0 Å². The number of carbonyl (C=O) groups is 2. The van der Waals surface area contributed by atoms with Crippen LogP contribution >= 0.6 is 0 Å². The second-order valence-corrected chi connectivity index (χ2v) is 7.47. The van der Waals surface area contributed by atoms with E-state index in [-0.39, 0.29) is 13.1 Å². The Morgan fingerprint density at radius 1 is 0.906 bits per heavy atom. The molecule has 4 rings (SSSR count). The van der Waals surface area contributed by atoms with Crippen molar-refractivity contribution >= 4 is 12.4 Å². The van der Waals surface area contributed by atoms with Gasteiger partial charge >= 0.3 is 5.97 Å². The minimum absolute atomic E-state index is 0.209. The van der Waals surface area contributed by atoms with Crippen molar-refractivity contribution < 1.29 is 19.2 Å². The molecule has 1 aromatic heterocycles. The third-order valence-electron chi connectivity index (χ3n) is 5.03. The number of aromatic nitrogens is 2. The molecule has 32 heavy (non-hydrogen) atoms. The van der Waals surface area contributed by atoms with E-state index in [2.05, 4.69) is 41.3 Å². The van der Waals surface area contributed by atoms with Gasteiger partial charge in [0.1, 0.15) is 6.54 Å². The van der Waals surface area contributed by atoms with Crippen molar-refractivity contribution in [3.8, 4) is 34.0 Å². The average Bonchev–Trinajstić information content (AvgIpc) is 3.30. The second-order valence-electron chi connectivity index (χ2n) is 7.47. The van der Waals surface area contributed by atoms with Crippen molar-refractivity contribution in [2.24, 2.45) is 0 Å². The number of amides is 1. The van der Waals surface area contributed by atoms with Gasteiger partial charge in [-0.3, -0.25) is 9.59 Å². The lowest BCUT2D eigenvalue weighted by Gasteiger charge is -2.14. The number of benzene rings is 3. The molecule has 3 aromatic carbocycles. The van der Waals surface area contributed by atoms with Gasteiger partial charge in [-0.15, -0.1) is 0 Å². The summed E-state index contributed by atoms with van der Waals surface area (Å²) >= 11 is 0. The van der Waals surface area contributed by atoms with Gasteiger partial charge in [-0.05, 0) is 35.7 Å². The summed E-state index contributed by atoms with van der Waals surface area (Å²) < 4.78 is 5.44. The Morgan fingerprint density at radius 2 is 1.47 bits per heavy atom. The molecule has 0 fully saturated rings. The summed E-state index contributed by atoms with van der Waals surface area (Å²) in [5.41, 5.74) is 5.86. The fourth-order valence-corrected chi connectivity index (χ4v) is 3.31. The van der Waals surface area contributed by atoms with E-state index in [9.17, 15) is 9.59 Å². The number of rotatable bonds is 8. The smallest absolute Gasteiger partial charge is 0.323 e. The number of nitrogens with zero attached hydrogens (tertiary/aromatic N) is 3. The van der Waals surface area contributed by atoms with E-state index in [0.29, 0.717) is 18.1 Å². The van der Waals surface area contributed by atoms with E-state index in [0.717, 1.165) is 27.8 Å². The van der Waals surface area contributed by atoms with Crippen molar-refractivity contribution in [1.82, 2.24) is 15.0 Å². The maximum Gasteiger partial charge on any atom is 0.323 e. The molecule has 7 nitrogen and oxygen atoms in total. The van der Waals surface area contributed by atoms with Crippen molar-refractivity contribution in [3.63, 3.8) is 0 Å². The number of hydrogen-bond acceptors (Lipinski definition) is 5. The Balaban J connectivity index is 1.47. The zero-order chi connectivity index (χ0) is 22.5. The molecule has 0 aliphatic carbocycles. The molecule has 7 heteroatoms. The van der Waals surface area contributed by atoms with Crippen LogP contribution < -0.4 is 0 Å². The number of carbonyl (C=O) groups excluding carboxylic acids is 1. The molecule has 0 radical (unpaired) electrons. The first kappa shape index (κ1) is 21.0. The summed E-state index contributed by atoms with van der Waals surface area (Å²) in [6, 6.07) is 23.5. The molecule has 0 unspecified atom stereocenters. The van der Waals surface area contributed by atoms with Gasteiger partial charge in [-0.25, -0.2) is 0 Å². The number of carboxylic acids is 1. The summed E-state index contributed by atoms with van der Waals surface area (Å²) in [6.07, 6.45) is 0.525. The van der Waals surface area contributed by atoms with Crippen LogP contribution in [0, 0.1) is 6.92 Å². The summed E-state index contributed by atoms with van der Waals surface area (Å²) in [4.78, 5) is 27.5. The van der Waals surface area contributed by atoms with Gasteiger partial charge in [0, 0.05) is 17.7 Å². The second kappa shape index (κ2) is 9.26. The van der Waals surface area contributed by atoms with Crippen LogP contribution in [-0.4, -0.2) is 39.1 Å². The summed E-state index contributed by atoms with van der Waals surface area (Å²) in [7, 11) is 0. The zero-order valence-electron chi connectivity index (χ0n) is 17.4. The number of aryl methyl sites for hydroxylation is 1. The average molecular weight is 427 g/mol. The van der Waals surface area contributed by atoms with Crippen LogP contribution in [0.15, 0.2) is 77.3 Å². The van der Waals surface area contributed by atoms with Crippen LogP contribution in [0.4, 0.5) is 0 Å². The minimum atomic E-state index is -1.06. The molecule has 1 amide bonds. The first-order valence-corrected chi connectivity index (χ1v) is 10.0. The molecule has 1 heterocycles. The van der Waals surface area contributed by atoms with Crippen LogP contribution in [0.25, 0.3) is 34.0 Å². The van der Waals surface area contributed by atoms with Gasteiger partial charge in [-0.2, -0.15) is 4.98 Å². The van der Waals surface area contributed by atoms with E-state index in [1.807, 2.05) is 36.4 Å². The van der Waals surface area contributed by atoms with E-state index in [4.69, 9.17) is 9.63 Å². The topological polar surface area (TPSA) is 96.5 Å². The van der Waals surface area contributed by atoms with Gasteiger partial charge in [0.2, 0.25) is 12.2 Å². The zero-order valence-corrected chi connectivity index (χ0v) is 17.4. The molecule has 0 aliphatic rings. The van der Waals surface area contributed by atoms with Gasteiger partial charge in [0.25, 0.3) is 5.89 Å². The molecular weight excluding hydrogens is 406 g/mol. The minimum Gasteiger partial charge on any atom is -0.480 e. The molecule has 0 saturated heterocycles. The number of carboxylic acid groups (broad SMARTS) is 1. The van der Waals surface area contributed by atoms with Crippen molar-refractivity contribution in [1.29, 1.82) is 0 Å². The summed E-state index contributed by atoms with van der Waals surface area (Å²) in [5, 5.41) is 12.9. The fourth-order valence-electron chi connectivity index (χ4n) is 3.31. The fraction of sp³-hybridized carbons (Fsp3) is 0.120. The molecule has 1 N–H and O–H groups in total. The maximum atomic E-state index is 11.0. The SMILES string of the molecule is Cc1ccc(-c2ccc(-c3nc(-c4ccc(CN(C=O)CC(=O)O)cc4)no3)cc2)cc1. The summed E-state index contributed by atoms with van der Waals surface area (Å²) in [5.74, 6) is -0.181. The highest BCUT2D eigenvalue weighted by molar-refractivity contribution is 5.72. The Bertz CT molecular complexity index is 1210. The van der Waals surface area contributed by atoms with Gasteiger partial charge in [0.05, 0.1) is 0 Å². The molecule has 0 spiro atoms. The van der Waals surface area contributed by atoms with Crippen LogP contribution in [-0.2, 0) is 16.1 Å². The van der Waals surface area contributed by atoms with E-state index >= 15 is 0 Å². The van der Waals surface area contributed by atoms with E-state index < -0.39 is 5.97 Å². The van der Waals surface area contributed by atoms with Gasteiger partial charge in [0.15, 0.2) is 0 Å². The van der Waals surface area contributed by atoms with Crippen molar-refractivity contribution in [2.75, 3.05) is 6.54 Å². The van der Waals surface area contributed by atoms with E-state index in [1.54, 1.807) is 12.1 Å². The van der Waals surface area contributed by atoms with E-state index in [1.165, 1.54) is 10.5 Å². The highest BCUT2D eigenvalue weighted by atomic mass is 16.5. The number of hydrogen-bond donors (Lipinski definition) is 1. The third kappa shape index (κ3) is 4.89. The summed E-state index contributed by atoms with van der Waals surface area (Å²) in [6.45, 7) is 1.93. The molecule has 4 aromatic rings. The lowest BCUT2D eigenvalue weighted by molar-refractivity contribution is -0.141. The number of aliphatic carboxylic acids is 1. The van der Waals surface area contributed by atoms with Crippen molar-refractivity contribution in [2.45, 2.75) is 13.5 Å². The molecule has 0 atom stereocenters. The third-order valence-corrected chi connectivity index (χ3v) is 5.03. The molecule has 160 valence electrons. The van der Waals surface area contributed by atoms with Crippen LogP contribution in [0.2, 0.25) is 0 Å². The Morgan fingerprint density at radius 3 is 2.06 bits per heavy atom. The normalized spacial score (nSPS) is 10.7. The predicted molar refractivity (Wildman–Crippen MR) is 119 cm³/mol. The van der Waals surface area contributed by atoms with Crippen molar-refractivity contribution in [3.05, 3.63) is 83.9 Å². The molecule has 0 bridgehead atoms. The Kier molecular flexibility index (Phi) is 6.07. The highest BCUT2D eigenvalue weighted by Crippen LogP contribution is 2.26. The van der Waals surface area contributed by atoms with Gasteiger partial charge in [-0.1, -0.05) is 71.4 Å². The first-order valence-electron chi connectivity index (χ1n) is 10.0. The van der Waals surface area contributed by atoms with Gasteiger partial charge < -0.3 is 14.5 Å². The quantitative estimate of drug-likeness (QED) is 0.418. The Labute approximate surface area is 184 Å². The lowest BCUT2D eigenvalue weighted by atomic mass is 10.0. The molecular formula is C25H21N3O4. The highest BCUT2D eigenvalue weighted by Gasteiger charge is 2.12. The largest absolute Gasteiger partial charge is 0.480 e. The monoisotopic (exact) mass is 427 g/mol. The lowest BCUT2D eigenvalue weighted by Crippen LogP contribution is -2.27.